The summed E-state index contributed by atoms with van der Waals surface area (Å²) in [6, 6.07) is -0.556. The van der Waals surface area contributed by atoms with Gasteiger partial charge < -0.3 is 5.32 Å². The summed E-state index contributed by atoms with van der Waals surface area (Å²) in [6.45, 7) is 0. The Labute approximate surface area is 148 Å². The van der Waals surface area contributed by atoms with E-state index < -0.39 is 17.5 Å². The Bertz CT molecular complexity index is 710. The number of carbonyl (C=O) groups is 3. The summed E-state index contributed by atoms with van der Waals surface area (Å²) in [7, 11) is 0. The molecular weight excluding hydrogens is 344 g/mol. The summed E-state index contributed by atoms with van der Waals surface area (Å²) >= 11 is 1.17. The predicted octanol–water partition coefficient (Wildman–Crippen LogP) is 1.06. The molecule has 3 fully saturated rings. The lowest BCUT2D eigenvalue weighted by molar-refractivity contribution is -0.139. The van der Waals surface area contributed by atoms with Crippen LogP contribution in [0.4, 0.5) is 4.79 Å². The summed E-state index contributed by atoms with van der Waals surface area (Å²) < 4.78 is 0. The maximum absolute atomic E-state index is 12.6. The number of H-pyrrole nitrogens is 1. The Hall–Kier alpha value is -2.10. The van der Waals surface area contributed by atoms with E-state index >= 15 is 0 Å². The van der Waals surface area contributed by atoms with Crippen molar-refractivity contribution in [3.8, 4) is 0 Å². The fraction of sp³-hybridized carbons (Fsp3) is 0.667. The third-order valence-corrected chi connectivity index (χ3v) is 5.73. The summed E-state index contributed by atoms with van der Waals surface area (Å²) in [5, 5.41) is 11.0. The highest BCUT2D eigenvalue weighted by Gasteiger charge is 2.52. The molecule has 0 unspecified atom stereocenters. The lowest BCUT2D eigenvalue weighted by atomic mass is 9.82. The van der Waals surface area contributed by atoms with Gasteiger partial charge in [-0.3, -0.25) is 20.1 Å². The molecule has 10 heteroatoms. The van der Waals surface area contributed by atoms with Crippen LogP contribution < -0.4 is 10.7 Å². The molecule has 0 aromatic carbocycles. The number of hydrazine groups is 1. The van der Waals surface area contributed by atoms with Gasteiger partial charge in [0.1, 0.15) is 11.4 Å². The van der Waals surface area contributed by atoms with Gasteiger partial charge in [0.2, 0.25) is 11.1 Å². The van der Waals surface area contributed by atoms with Crippen LogP contribution in [0.1, 0.15) is 56.7 Å². The molecule has 0 atom stereocenters. The first-order valence-corrected chi connectivity index (χ1v) is 9.57. The van der Waals surface area contributed by atoms with Gasteiger partial charge in [-0.1, -0.05) is 31.0 Å². The first kappa shape index (κ1) is 16.4. The third-order valence-electron chi connectivity index (χ3n) is 4.88. The van der Waals surface area contributed by atoms with Crippen LogP contribution in [-0.2, 0) is 9.59 Å². The Morgan fingerprint density at radius 1 is 1.28 bits per heavy atom. The Morgan fingerprint density at radius 2 is 2.04 bits per heavy atom. The van der Waals surface area contributed by atoms with Gasteiger partial charge in [-0.05, 0) is 25.7 Å². The normalized spacial score (nSPS) is 22.3. The second kappa shape index (κ2) is 6.32. The van der Waals surface area contributed by atoms with Gasteiger partial charge in [0.25, 0.3) is 5.91 Å². The summed E-state index contributed by atoms with van der Waals surface area (Å²) in [5.41, 5.74) is 1.57. The number of imide groups is 1. The van der Waals surface area contributed by atoms with Crippen LogP contribution in [0.25, 0.3) is 0 Å². The fourth-order valence-corrected chi connectivity index (χ4v) is 3.96. The molecule has 1 aliphatic heterocycles. The van der Waals surface area contributed by atoms with Crippen molar-refractivity contribution in [1.82, 2.24) is 30.9 Å². The van der Waals surface area contributed by atoms with E-state index in [0.717, 1.165) is 42.9 Å². The molecule has 4 amide bonds. The number of thioether (sulfide) groups is 1. The molecular formula is C15H20N6O3S. The number of aromatic nitrogens is 3. The second-order valence-corrected chi connectivity index (χ2v) is 7.76. The topological polar surface area (TPSA) is 120 Å². The van der Waals surface area contributed by atoms with Crippen molar-refractivity contribution in [2.24, 2.45) is 0 Å². The average Bonchev–Trinajstić information content (AvgIpc) is 3.31. The predicted molar refractivity (Wildman–Crippen MR) is 88.4 cm³/mol. The molecule has 1 aromatic heterocycles. The van der Waals surface area contributed by atoms with E-state index in [-0.39, 0.29) is 11.7 Å². The standard InChI is InChI=1S/C15H20N6O3S/c22-10(8-25-13-16-11(18-19-13)9-4-5-9)20-21-12(23)15(17-14(21)24)6-2-1-3-7-15/h9H,1-8H2,(H,17,24)(H,20,22)(H,16,18,19). The zero-order valence-electron chi connectivity index (χ0n) is 13.7. The molecule has 2 aliphatic carbocycles. The Morgan fingerprint density at radius 3 is 2.76 bits per heavy atom. The molecule has 25 heavy (non-hydrogen) atoms. The summed E-state index contributed by atoms with van der Waals surface area (Å²) in [6.07, 6.45) is 6.35. The minimum Gasteiger partial charge on any atom is -0.322 e. The SMILES string of the molecule is O=C(CSc1n[nH]c(C2CC2)n1)NN1C(=O)NC2(CCCCC2)C1=O. The maximum atomic E-state index is 12.6. The molecule has 1 spiro atoms. The van der Waals surface area contributed by atoms with Crippen LogP contribution in [0.2, 0.25) is 0 Å². The number of hydrogen-bond acceptors (Lipinski definition) is 6. The highest BCUT2D eigenvalue weighted by Crippen LogP contribution is 2.38. The average molecular weight is 364 g/mol. The number of rotatable bonds is 5. The molecule has 4 rings (SSSR count). The number of urea groups is 1. The maximum Gasteiger partial charge on any atom is 0.344 e. The van der Waals surface area contributed by atoms with Gasteiger partial charge in [-0.15, -0.1) is 5.10 Å². The van der Waals surface area contributed by atoms with E-state index in [0.29, 0.717) is 23.9 Å². The van der Waals surface area contributed by atoms with Gasteiger partial charge >= 0.3 is 6.03 Å². The van der Waals surface area contributed by atoms with Crippen molar-refractivity contribution >= 4 is 29.6 Å². The Kier molecular flexibility index (Phi) is 4.14. The molecule has 0 radical (unpaired) electrons. The zero-order valence-corrected chi connectivity index (χ0v) is 14.5. The second-order valence-electron chi connectivity index (χ2n) is 6.81. The molecule has 2 saturated carbocycles. The smallest absolute Gasteiger partial charge is 0.322 e. The van der Waals surface area contributed by atoms with Crippen molar-refractivity contribution in [2.45, 2.75) is 61.6 Å². The van der Waals surface area contributed by atoms with Crippen molar-refractivity contribution in [3.05, 3.63) is 5.82 Å². The van der Waals surface area contributed by atoms with Crippen LogP contribution >= 0.6 is 11.8 Å². The number of nitrogens with one attached hydrogen (secondary N) is 3. The van der Waals surface area contributed by atoms with Crippen LogP contribution in [0.5, 0.6) is 0 Å². The number of amides is 4. The van der Waals surface area contributed by atoms with Crippen molar-refractivity contribution in [1.29, 1.82) is 0 Å². The summed E-state index contributed by atoms with van der Waals surface area (Å²) in [5.74, 6) is 0.569. The van der Waals surface area contributed by atoms with Gasteiger partial charge in [0.05, 0.1) is 5.75 Å². The van der Waals surface area contributed by atoms with E-state index in [2.05, 4.69) is 25.9 Å². The fourth-order valence-electron chi connectivity index (χ4n) is 3.37. The van der Waals surface area contributed by atoms with E-state index in [9.17, 15) is 14.4 Å². The van der Waals surface area contributed by atoms with Crippen molar-refractivity contribution < 1.29 is 14.4 Å². The molecule has 0 bridgehead atoms. The molecule has 9 nitrogen and oxygen atoms in total. The van der Waals surface area contributed by atoms with Gasteiger partial charge in [-0.2, -0.15) is 5.01 Å². The number of hydrogen-bond donors (Lipinski definition) is 3. The number of nitrogens with zero attached hydrogens (tertiary/aromatic N) is 3. The number of carbonyl (C=O) groups excluding carboxylic acids is 3. The highest BCUT2D eigenvalue weighted by atomic mass is 32.2. The zero-order chi connectivity index (χ0) is 17.4. The summed E-state index contributed by atoms with van der Waals surface area (Å²) in [4.78, 5) is 41.1. The molecule has 3 aliphatic rings. The largest absolute Gasteiger partial charge is 0.344 e. The van der Waals surface area contributed by atoms with E-state index in [1.165, 1.54) is 11.8 Å². The molecule has 134 valence electrons. The molecule has 1 aromatic rings. The van der Waals surface area contributed by atoms with E-state index in [1.54, 1.807) is 0 Å². The van der Waals surface area contributed by atoms with Crippen LogP contribution in [0.3, 0.4) is 0 Å². The third kappa shape index (κ3) is 3.22. The minimum absolute atomic E-state index is 0.0338. The van der Waals surface area contributed by atoms with Crippen molar-refractivity contribution in [3.63, 3.8) is 0 Å². The first-order valence-electron chi connectivity index (χ1n) is 8.59. The van der Waals surface area contributed by atoms with E-state index in [4.69, 9.17) is 0 Å². The Balaban J connectivity index is 1.32. The highest BCUT2D eigenvalue weighted by molar-refractivity contribution is 7.99. The molecule has 3 N–H and O–H groups in total. The van der Waals surface area contributed by atoms with Crippen LogP contribution in [0.15, 0.2) is 5.16 Å². The van der Waals surface area contributed by atoms with Gasteiger partial charge in [0.15, 0.2) is 0 Å². The van der Waals surface area contributed by atoms with Crippen molar-refractivity contribution in [2.75, 3.05) is 5.75 Å². The lowest BCUT2D eigenvalue weighted by Crippen LogP contribution is -2.51. The quantitative estimate of drug-likeness (QED) is 0.531. The number of aromatic amines is 1. The minimum atomic E-state index is -0.835. The lowest BCUT2D eigenvalue weighted by Gasteiger charge is -2.30. The molecule has 2 heterocycles. The van der Waals surface area contributed by atoms with Crippen LogP contribution in [0, 0.1) is 0 Å². The van der Waals surface area contributed by atoms with Gasteiger partial charge in [0, 0.05) is 5.92 Å². The van der Waals surface area contributed by atoms with Gasteiger partial charge in [-0.25, -0.2) is 9.78 Å². The first-order chi connectivity index (χ1) is 12.1. The van der Waals surface area contributed by atoms with Crippen LogP contribution in [-0.4, -0.2) is 49.3 Å². The van der Waals surface area contributed by atoms with E-state index in [1.807, 2.05) is 0 Å². The monoisotopic (exact) mass is 364 g/mol. The molecule has 1 saturated heterocycles.